The summed E-state index contributed by atoms with van der Waals surface area (Å²) in [7, 11) is -2.85. The average molecular weight is 486 g/mol. The van der Waals surface area contributed by atoms with E-state index in [1.807, 2.05) is 5.51 Å². The van der Waals surface area contributed by atoms with Crippen LogP contribution in [0.3, 0.4) is 0 Å². The van der Waals surface area contributed by atoms with Crippen molar-refractivity contribution in [3.05, 3.63) is 47.5 Å². The number of urea groups is 1. The Kier molecular flexibility index (Phi) is 5.58. The molecule has 2 atom stereocenters. The summed E-state index contributed by atoms with van der Waals surface area (Å²) in [5, 5.41) is 3.22. The number of nitrogens with one attached hydrogen (secondary N) is 2. The van der Waals surface area contributed by atoms with Gasteiger partial charge in [-0.25, -0.2) is 28.7 Å². The first-order valence-corrected chi connectivity index (χ1v) is 13.8. The molecule has 33 heavy (non-hydrogen) atoms. The maximum atomic E-state index is 12.7. The first kappa shape index (κ1) is 22.2. The van der Waals surface area contributed by atoms with Crippen LogP contribution in [0.15, 0.2) is 41.0 Å². The summed E-state index contributed by atoms with van der Waals surface area (Å²) in [6.07, 6.45) is 5.95. The average Bonchev–Trinajstić information content (AvgIpc) is 3.37. The van der Waals surface area contributed by atoms with Crippen molar-refractivity contribution in [1.29, 1.82) is 4.78 Å². The number of aromatic nitrogens is 3. The summed E-state index contributed by atoms with van der Waals surface area (Å²) in [6, 6.07) is 6.72. The minimum absolute atomic E-state index is 0.0991. The van der Waals surface area contributed by atoms with E-state index in [0.29, 0.717) is 29.9 Å². The van der Waals surface area contributed by atoms with Gasteiger partial charge in [-0.1, -0.05) is 6.07 Å². The highest BCUT2D eigenvalue weighted by Crippen LogP contribution is 2.33. The van der Waals surface area contributed by atoms with Crippen molar-refractivity contribution in [2.75, 3.05) is 25.9 Å². The molecule has 3 aromatic rings. The monoisotopic (exact) mass is 485 g/mol. The second-order valence-corrected chi connectivity index (χ2v) is 12.1. The van der Waals surface area contributed by atoms with Crippen LogP contribution in [0.4, 0.5) is 4.79 Å². The summed E-state index contributed by atoms with van der Waals surface area (Å²) in [5.74, 6) is 0.484. The molecule has 2 aliphatic heterocycles. The first-order chi connectivity index (χ1) is 15.7. The summed E-state index contributed by atoms with van der Waals surface area (Å²) in [5.41, 5.74) is 3.97. The van der Waals surface area contributed by atoms with Crippen LogP contribution in [-0.2, 0) is 16.3 Å². The zero-order valence-corrected chi connectivity index (χ0v) is 20.3. The Morgan fingerprint density at radius 3 is 2.67 bits per heavy atom. The van der Waals surface area contributed by atoms with Gasteiger partial charge in [0.15, 0.2) is 0 Å². The molecule has 9 nitrogen and oxygen atoms in total. The molecule has 2 amide bonds. The lowest BCUT2D eigenvalue weighted by molar-refractivity contribution is 0.115. The maximum absolute atomic E-state index is 12.7. The highest BCUT2D eigenvalue weighted by Gasteiger charge is 2.45. The van der Waals surface area contributed by atoms with Crippen molar-refractivity contribution >= 4 is 37.3 Å². The summed E-state index contributed by atoms with van der Waals surface area (Å²) in [4.78, 5) is 30.1. The van der Waals surface area contributed by atoms with E-state index in [1.54, 1.807) is 16.2 Å². The molecule has 4 heterocycles. The van der Waals surface area contributed by atoms with Gasteiger partial charge in [0.2, 0.25) is 0 Å². The highest BCUT2D eigenvalue weighted by molar-refractivity contribution is 7.91. The number of benzene rings is 1. The van der Waals surface area contributed by atoms with Crippen molar-refractivity contribution in [3.8, 4) is 0 Å². The Hall–Kier alpha value is -2.63. The molecule has 2 N–H and O–H groups in total. The molecule has 174 valence electrons. The van der Waals surface area contributed by atoms with Crippen LogP contribution in [0, 0.1) is 4.78 Å². The van der Waals surface area contributed by atoms with Gasteiger partial charge in [-0.3, -0.25) is 4.90 Å². The maximum Gasteiger partial charge on any atom is 0.318 e. The molecular formula is C22H27N7O2S2. The van der Waals surface area contributed by atoms with Crippen molar-refractivity contribution < 1.29 is 9.00 Å². The number of amides is 2. The van der Waals surface area contributed by atoms with E-state index in [4.69, 9.17) is 4.78 Å². The fourth-order valence-corrected chi connectivity index (χ4v) is 5.84. The Balaban J connectivity index is 1.21. The second kappa shape index (κ2) is 8.30. The fourth-order valence-electron chi connectivity index (χ4n) is 4.67. The van der Waals surface area contributed by atoms with Crippen LogP contribution in [0.25, 0.3) is 10.2 Å². The second-order valence-electron chi connectivity index (χ2n) is 9.04. The van der Waals surface area contributed by atoms with Crippen molar-refractivity contribution in [2.24, 2.45) is 0 Å². The van der Waals surface area contributed by atoms with Gasteiger partial charge in [0.25, 0.3) is 0 Å². The van der Waals surface area contributed by atoms with Crippen LogP contribution in [-0.4, -0.2) is 66.4 Å². The van der Waals surface area contributed by atoms with Gasteiger partial charge < -0.3 is 10.2 Å². The molecule has 0 radical (unpaired) electrons. The van der Waals surface area contributed by atoms with Gasteiger partial charge in [-0.15, -0.1) is 11.3 Å². The number of thiazole rings is 1. The van der Waals surface area contributed by atoms with Crippen LogP contribution in [0.1, 0.15) is 37.2 Å². The minimum Gasteiger partial charge on any atom is -0.331 e. The fraction of sp³-hybridized carbons (Fsp3) is 0.455. The molecule has 2 fully saturated rings. The summed E-state index contributed by atoms with van der Waals surface area (Å²) >= 11 is 1.66. The van der Waals surface area contributed by atoms with Gasteiger partial charge in [-0.2, -0.15) is 0 Å². The number of likely N-dealkylation sites (tertiary alicyclic amines) is 1. The third-order valence-corrected chi connectivity index (χ3v) is 8.68. The summed E-state index contributed by atoms with van der Waals surface area (Å²) in [6.45, 7) is 4.96. The minimum atomic E-state index is -2.85. The number of hydrogen-bond donors (Lipinski definition) is 2. The summed E-state index contributed by atoms with van der Waals surface area (Å²) < 4.78 is 20.6. The van der Waals surface area contributed by atoms with Crippen LogP contribution in [0.2, 0.25) is 0 Å². The number of nitrogens with zero attached hydrogens (tertiary/aromatic N) is 5. The third kappa shape index (κ3) is 4.44. The van der Waals surface area contributed by atoms with Gasteiger partial charge in [0, 0.05) is 44.3 Å². The Morgan fingerprint density at radius 2 is 1.97 bits per heavy atom. The van der Waals surface area contributed by atoms with E-state index < -0.39 is 9.73 Å². The molecule has 1 aromatic carbocycles. The van der Waals surface area contributed by atoms with E-state index >= 15 is 0 Å². The predicted octanol–water partition coefficient (Wildman–Crippen LogP) is 3.24. The van der Waals surface area contributed by atoms with Gasteiger partial charge in [0.1, 0.15) is 5.82 Å². The molecule has 0 bridgehead atoms. The molecule has 2 aromatic heterocycles. The largest absolute Gasteiger partial charge is 0.331 e. The number of hydrogen-bond acceptors (Lipinski definition) is 8. The molecule has 2 aliphatic rings. The Bertz CT molecular complexity index is 1280. The lowest BCUT2D eigenvalue weighted by Gasteiger charge is -2.41. The number of piperidine rings is 1. The van der Waals surface area contributed by atoms with Gasteiger partial charge >= 0.3 is 6.03 Å². The molecule has 1 spiro atoms. The van der Waals surface area contributed by atoms with E-state index in [9.17, 15) is 9.00 Å². The smallest absolute Gasteiger partial charge is 0.318 e. The van der Waals surface area contributed by atoms with Crippen molar-refractivity contribution in [2.45, 2.75) is 42.8 Å². The van der Waals surface area contributed by atoms with E-state index in [1.165, 1.54) is 28.9 Å². The van der Waals surface area contributed by atoms with Crippen LogP contribution in [0.5, 0.6) is 0 Å². The van der Waals surface area contributed by atoms with E-state index in [0.717, 1.165) is 31.4 Å². The lowest BCUT2D eigenvalue weighted by atomic mass is 9.87. The standard InChI is InChI=1S/C22H27N7O2S2/c1-15(16-3-4-19-18(9-16)26-14-32-19)28-7-5-22(6-8-28)13-29(21(30)27-22)12-20-24-10-17(11-25-20)33(2,23)31/h3-4,9-11,14-15,23H,5-8,12-13H2,1-2H3,(H,27,30)/t15-,33+/m1/s1. The molecule has 11 heteroatoms. The molecule has 5 rings (SSSR count). The quantitative estimate of drug-likeness (QED) is 0.573. The number of carbonyl (C=O) groups is 1. The number of carbonyl (C=O) groups excluding carboxylic acids is 1. The molecular weight excluding hydrogens is 458 g/mol. The first-order valence-electron chi connectivity index (χ1n) is 10.9. The predicted molar refractivity (Wildman–Crippen MR) is 128 cm³/mol. The normalized spacial score (nSPS) is 21.3. The molecule has 0 unspecified atom stereocenters. The number of rotatable bonds is 5. The van der Waals surface area contributed by atoms with E-state index in [2.05, 4.69) is 50.3 Å². The highest BCUT2D eigenvalue weighted by atomic mass is 32.2. The van der Waals surface area contributed by atoms with Gasteiger partial charge in [0.05, 0.1) is 42.4 Å². The molecule has 2 saturated heterocycles. The lowest BCUT2D eigenvalue weighted by Crippen LogP contribution is -2.52. The van der Waals surface area contributed by atoms with Crippen LogP contribution >= 0.6 is 11.3 Å². The topological polar surface area (TPSA) is 115 Å². The van der Waals surface area contributed by atoms with Crippen molar-refractivity contribution in [1.82, 2.24) is 30.1 Å². The third-order valence-electron chi connectivity index (χ3n) is 6.76. The zero-order valence-electron chi connectivity index (χ0n) is 18.7. The molecule has 0 saturated carbocycles. The van der Waals surface area contributed by atoms with Gasteiger partial charge in [-0.05, 0) is 37.5 Å². The Morgan fingerprint density at radius 1 is 1.24 bits per heavy atom. The number of fused-ring (bicyclic) bond motifs is 1. The SMILES string of the molecule is C[C@H](c1ccc2scnc2c1)N1CCC2(CC1)CN(Cc1ncc([S@@](C)(=N)=O)cn1)C(=O)N2. The van der Waals surface area contributed by atoms with E-state index in [-0.39, 0.29) is 11.6 Å². The van der Waals surface area contributed by atoms with Crippen molar-refractivity contribution in [3.63, 3.8) is 0 Å². The zero-order chi connectivity index (χ0) is 23.2. The molecule has 0 aliphatic carbocycles. The van der Waals surface area contributed by atoms with Crippen LogP contribution < -0.4 is 5.32 Å². The Labute approximate surface area is 197 Å².